The molecule has 60 heavy (non-hydrogen) atoms. The molecule has 1 heterocycles. The van der Waals surface area contributed by atoms with Crippen molar-refractivity contribution < 1.29 is 4.42 Å². The molecule has 1 aromatic heterocycles. The summed E-state index contributed by atoms with van der Waals surface area (Å²) < 4.78 is 6.23. The van der Waals surface area contributed by atoms with Crippen LogP contribution >= 0.6 is 0 Å². The number of para-hydroxylation sites is 1. The summed E-state index contributed by atoms with van der Waals surface area (Å²) in [4.78, 5) is 2.43. The maximum Gasteiger partial charge on any atom is 0.135 e. The second kappa shape index (κ2) is 13.9. The zero-order valence-corrected chi connectivity index (χ0v) is 32.7. The highest BCUT2D eigenvalue weighted by molar-refractivity contribution is 6.15. The van der Waals surface area contributed by atoms with E-state index in [4.69, 9.17) is 4.42 Å². The Morgan fingerprint density at radius 1 is 0.267 bits per heavy atom. The topological polar surface area (TPSA) is 16.4 Å². The monoisotopic (exact) mass is 763 g/mol. The molecule has 0 spiro atoms. The molecule has 0 aliphatic heterocycles. The largest absolute Gasteiger partial charge is 0.456 e. The molecule has 11 aromatic carbocycles. The molecule has 0 bridgehead atoms. The number of furan rings is 1. The third kappa shape index (κ3) is 5.81. The van der Waals surface area contributed by atoms with Gasteiger partial charge in [0, 0.05) is 27.7 Å². The molecule has 0 amide bonds. The summed E-state index contributed by atoms with van der Waals surface area (Å²) in [6.45, 7) is 0. The fourth-order valence-corrected chi connectivity index (χ4v) is 9.17. The predicted molar refractivity (Wildman–Crippen MR) is 255 cm³/mol. The van der Waals surface area contributed by atoms with Crippen molar-refractivity contribution in [2.24, 2.45) is 0 Å². The highest BCUT2D eigenvalue weighted by atomic mass is 16.3. The van der Waals surface area contributed by atoms with Crippen LogP contribution in [0, 0.1) is 0 Å². The third-order valence-electron chi connectivity index (χ3n) is 12.2. The lowest BCUT2D eigenvalue weighted by atomic mass is 9.96. The standard InChI is InChI=1S/C58H37NO/c1-4-15-51-39(10-1)20-23-46-33-41(27-31-53(46)51)38-24-28-49(29-25-38)59(56-36-45-11-2-5-16-52(45)54-17-6-7-18-55(54)56)50-30-26-43-32-42(21-22-44(43)35-50)40-13-9-14-47(34-40)58-37-48-12-3-8-19-57(48)60-58/h1-37H. The molecule has 0 aliphatic carbocycles. The highest BCUT2D eigenvalue weighted by Crippen LogP contribution is 2.44. The minimum Gasteiger partial charge on any atom is -0.456 e. The van der Waals surface area contributed by atoms with E-state index in [0.29, 0.717) is 0 Å². The summed E-state index contributed by atoms with van der Waals surface area (Å²) in [5.41, 5.74) is 10.0. The van der Waals surface area contributed by atoms with E-state index in [9.17, 15) is 0 Å². The fourth-order valence-electron chi connectivity index (χ4n) is 9.17. The third-order valence-corrected chi connectivity index (χ3v) is 12.2. The number of rotatable bonds is 6. The lowest BCUT2D eigenvalue weighted by Gasteiger charge is -2.28. The Balaban J connectivity index is 0.957. The minimum absolute atomic E-state index is 0.879. The molecule has 12 rings (SSSR count). The first kappa shape index (κ1) is 34.1. The molecule has 0 unspecified atom stereocenters. The molecule has 0 aliphatic rings. The van der Waals surface area contributed by atoms with E-state index in [1.54, 1.807) is 0 Å². The SMILES string of the molecule is c1cc(-c2ccc3cc(N(c4ccc(-c5ccc6c(ccc7ccccc76)c5)cc4)c4cc5ccccc5c5ccccc45)ccc3c2)cc(-c2cc3ccccc3o2)c1. The van der Waals surface area contributed by atoms with Crippen LogP contribution in [0.5, 0.6) is 0 Å². The van der Waals surface area contributed by atoms with Crippen LogP contribution in [0.1, 0.15) is 0 Å². The lowest BCUT2D eigenvalue weighted by Crippen LogP contribution is -2.10. The first-order valence-corrected chi connectivity index (χ1v) is 20.6. The van der Waals surface area contributed by atoms with E-state index >= 15 is 0 Å². The van der Waals surface area contributed by atoms with Gasteiger partial charge in [0.2, 0.25) is 0 Å². The van der Waals surface area contributed by atoms with Crippen molar-refractivity contribution in [3.8, 4) is 33.6 Å². The van der Waals surface area contributed by atoms with Gasteiger partial charge in [-0.05, 0) is 131 Å². The summed E-state index contributed by atoms with van der Waals surface area (Å²) in [6, 6.07) is 81.4. The minimum atomic E-state index is 0.879. The van der Waals surface area contributed by atoms with E-state index in [1.807, 2.05) is 18.2 Å². The van der Waals surface area contributed by atoms with Crippen molar-refractivity contribution >= 4 is 81.9 Å². The Hall–Kier alpha value is -7.94. The number of hydrogen-bond donors (Lipinski definition) is 0. The molecule has 0 N–H and O–H groups in total. The molecule has 0 atom stereocenters. The van der Waals surface area contributed by atoms with Gasteiger partial charge in [-0.25, -0.2) is 0 Å². The summed E-state index contributed by atoms with van der Waals surface area (Å²) in [5, 5.41) is 13.5. The van der Waals surface area contributed by atoms with Crippen molar-refractivity contribution in [3.63, 3.8) is 0 Å². The second-order valence-electron chi connectivity index (χ2n) is 15.7. The molecule has 12 aromatic rings. The molecule has 0 fully saturated rings. The van der Waals surface area contributed by atoms with Crippen molar-refractivity contribution in [1.82, 2.24) is 0 Å². The zero-order valence-electron chi connectivity index (χ0n) is 32.7. The molecule has 2 nitrogen and oxygen atoms in total. The van der Waals surface area contributed by atoms with Gasteiger partial charge in [-0.2, -0.15) is 0 Å². The van der Waals surface area contributed by atoms with Gasteiger partial charge < -0.3 is 9.32 Å². The van der Waals surface area contributed by atoms with E-state index in [-0.39, 0.29) is 0 Å². The van der Waals surface area contributed by atoms with Gasteiger partial charge in [-0.15, -0.1) is 0 Å². The van der Waals surface area contributed by atoms with Crippen LogP contribution in [-0.2, 0) is 0 Å². The molecule has 0 saturated carbocycles. The Kier molecular flexibility index (Phi) is 7.89. The molecule has 280 valence electrons. The van der Waals surface area contributed by atoms with Gasteiger partial charge in [0.1, 0.15) is 11.3 Å². The second-order valence-corrected chi connectivity index (χ2v) is 15.7. The number of nitrogens with zero attached hydrogens (tertiary/aromatic N) is 1. The van der Waals surface area contributed by atoms with Crippen molar-refractivity contribution in [2.45, 2.75) is 0 Å². The highest BCUT2D eigenvalue weighted by Gasteiger charge is 2.18. The van der Waals surface area contributed by atoms with Crippen LogP contribution < -0.4 is 4.90 Å². The van der Waals surface area contributed by atoms with Crippen LogP contribution in [0.3, 0.4) is 0 Å². The van der Waals surface area contributed by atoms with Crippen LogP contribution in [-0.4, -0.2) is 0 Å². The van der Waals surface area contributed by atoms with Crippen LogP contribution in [0.25, 0.3) is 98.4 Å². The van der Waals surface area contributed by atoms with Crippen LogP contribution in [0.15, 0.2) is 229 Å². The predicted octanol–water partition coefficient (Wildman–Crippen LogP) is 16.7. The lowest BCUT2D eigenvalue weighted by molar-refractivity contribution is 0.631. The molecule has 2 heteroatoms. The molecule has 0 radical (unpaired) electrons. The van der Waals surface area contributed by atoms with Gasteiger partial charge in [0.05, 0.1) is 5.69 Å². The van der Waals surface area contributed by atoms with E-state index in [2.05, 4.69) is 211 Å². The fraction of sp³-hybridized carbons (Fsp3) is 0. The quantitative estimate of drug-likeness (QED) is 0.157. The van der Waals surface area contributed by atoms with E-state index in [1.165, 1.54) is 70.6 Å². The normalized spacial score (nSPS) is 11.7. The summed E-state index contributed by atoms with van der Waals surface area (Å²) in [5.74, 6) is 0.879. The summed E-state index contributed by atoms with van der Waals surface area (Å²) in [6.07, 6.45) is 0. The maximum atomic E-state index is 6.23. The van der Waals surface area contributed by atoms with Crippen LogP contribution in [0.4, 0.5) is 17.1 Å². The molecule has 0 saturated heterocycles. The van der Waals surface area contributed by atoms with E-state index < -0.39 is 0 Å². The number of fused-ring (bicyclic) bond motifs is 8. The van der Waals surface area contributed by atoms with Gasteiger partial charge in [0.15, 0.2) is 0 Å². The first-order valence-electron chi connectivity index (χ1n) is 20.6. The van der Waals surface area contributed by atoms with Crippen molar-refractivity contribution in [1.29, 1.82) is 0 Å². The smallest absolute Gasteiger partial charge is 0.135 e. The number of benzene rings is 11. The Morgan fingerprint density at radius 2 is 0.800 bits per heavy atom. The molecular weight excluding hydrogens is 727 g/mol. The van der Waals surface area contributed by atoms with Crippen LogP contribution in [0.2, 0.25) is 0 Å². The number of hydrogen-bond acceptors (Lipinski definition) is 2. The number of anilines is 3. The maximum absolute atomic E-state index is 6.23. The van der Waals surface area contributed by atoms with E-state index in [0.717, 1.165) is 44.9 Å². The zero-order chi connectivity index (χ0) is 39.6. The summed E-state index contributed by atoms with van der Waals surface area (Å²) in [7, 11) is 0. The summed E-state index contributed by atoms with van der Waals surface area (Å²) >= 11 is 0. The van der Waals surface area contributed by atoms with Gasteiger partial charge >= 0.3 is 0 Å². The van der Waals surface area contributed by atoms with Gasteiger partial charge in [-0.1, -0.05) is 164 Å². The van der Waals surface area contributed by atoms with Gasteiger partial charge in [-0.3, -0.25) is 0 Å². The van der Waals surface area contributed by atoms with Gasteiger partial charge in [0.25, 0.3) is 0 Å². The Morgan fingerprint density at radius 3 is 1.65 bits per heavy atom. The first-order chi connectivity index (χ1) is 29.7. The molecular formula is C58H37NO. The average molecular weight is 764 g/mol. The average Bonchev–Trinajstić information content (AvgIpc) is 3.76. The van der Waals surface area contributed by atoms with Crippen molar-refractivity contribution in [3.05, 3.63) is 224 Å². The van der Waals surface area contributed by atoms with Crippen molar-refractivity contribution in [2.75, 3.05) is 4.90 Å². The Labute approximate surface area is 347 Å². The Bertz CT molecular complexity index is 3580.